The van der Waals surface area contributed by atoms with E-state index in [2.05, 4.69) is 5.10 Å². The van der Waals surface area contributed by atoms with Gasteiger partial charge >= 0.3 is 0 Å². The first kappa shape index (κ1) is 15.6. The average Bonchev–Trinajstić information content (AvgIpc) is 2.82. The number of hydrogen-bond donors (Lipinski definition) is 0. The van der Waals surface area contributed by atoms with Crippen LogP contribution in [0.2, 0.25) is 5.02 Å². The molecule has 0 unspecified atom stereocenters. The van der Waals surface area contributed by atoms with Crippen molar-refractivity contribution in [3.05, 3.63) is 52.8 Å². The monoisotopic (exact) mass is 338 g/mol. The van der Waals surface area contributed by atoms with Crippen LogP contribution in [0.4, 0.5) is 0 Å². The molecule has 0 radical (unpaired) electrons. The van der Waals surface area contributed by atoms with Crippen molar-refractivity contribution in [1.29, 1.82) is 0 Å². The fourth-order valence-electron chi connectivity index (χ4n) is 2.68. The number of nitrogens with zero attached hydrogens (tertiary/aromatic N) is 2. The molecule has 1 aliphatic carbocycles. The Labute approximate surface area is 136 Å². The second-order valence-corrected chi connectivity index (χ2v) is 8.44. The lowest BCUT2D eigenvalue weighted by molar-refractivity contribution is 0.284. The maximum absolute atomic E-state index is 12.4. The summed E-state index contributed by atoms with van der Waals surface area (Å²) >= 11 is 5.93. The Hall–Kier alpha value is -1.33. The SMILES string of the molecule is O=S(=O)(CCc1cccc(Cl)c1)Cc1ccnn1C1CCC1. The van der Waals surface area contributed by atoms with Gasteiger partial charge in [-0.25, -0.2) is 8.42 Å². The van der Waals surface area contributed by atoms with Gasteiger partial charge in [-0.15, -0.1) is 0 Å². The zero-order chi connectivity index (χ0) is 15.6. The van der Waals surface area contributed by atoms with Crippen LogP contribution in [-0.2, 0) is 22.0 Å². The van der Waals surface area contributed by atoms with E-state index in [1.807, 2.05) is 28.9 Å². The Morgan fingerprint density at radius 3 is 2.77 bits per heavy atom. The van der Waals surface area contributed by atoms with Crippen LogP contribution >= 0.6 is 11.6 Å². The van der Waals surface area contributed by atoms with E-state index in [0.717, 1.165) is 24.1 Å². The molecule has 3 rings (SSSR count). The van der Waals surface area contributed by atoms with Gasteiger partial charge in [-0.05, 0) is 49.4 Å². The Morgan fingerprint density at radius 2 is 2.09 bits per heavy atom. The van der Waals surface area contributed by atoms with Crippen molar-refractivity contribution in [3.63, 3.8) is 0 Å². The van der Waals surface area contributed by atoms with Crippen LogP contribution in [0.25, 0.3) is 0 Å². The Kier molecular flexibility index (Phi) is 4.54. The number of aromatic nitrogens is 2. The molecule has 1 aromatic carbocycles. The normalized spacial score (nSPS) is 15.7. The number of rotatable bonds is 6. The Balaban J connectivity index is 1.65. The van der Waals surface area contributed by atoms with Gasteiger partial charge in [0.05, 0.1) is 23.2 Å². The maximum atomic E-state index is 12.4. The molecule has 0 spiro atoms. The topological polar surface area (TPSA) is 52.0 Å². The molecule has 0 saturated heterocycles. The Bertz CT molecular complexity index is 751. The maximum Gasteiger partial charge on any atom is 0.156 e. The third kappa shape index (κ3) is 3.70. The van der Waals surface area contributed by atoms with Crippen LogP contribution in [0, 0.1) is 0 Å². The quantitative estimate of drug-likeness (QED) is 0.811. The highest BCUT2D eigenvalue weighted by atomic mass is 35.5. The number of hydrogen-bond acceptors (Lipinski definition) is 3. The van der Waals surface area contributed by atoms with E-state index in [4.69, 9.17) is 11.6 Å². The number of sulfone groups is 1. The highest BCUT2D eigenvalue weighted by Gasteiger charge is 2.24. The van der Waals surface area contributed by atoms with Crippen LogP contribution in [-0.4, -0.2) is 24.0 Å². The van der Waals surface area contributed by atoms with Crippen LogP contribution < -0.4 is 0 Å². The minimum Gasteiger partial charge on any atom is -0.266 e. The van der Waals surface area contributed by atoms with Crippen molar-refractivity contribution in [3.8, 4) is 0 Å². The molecule has 1 aliphatic rings. The zero-order valence-electron chi connectivity index (χ0n) is 12.3. The van der Waals surface area contributed by atoms with Gasteiger partial charge in [0.25, 0.3) is 0 Å². The molecule has 1 aromatic heterocycles. The standard InChI is InChI=1S/C16H19ClN2O2S/c17-14-4-1-3-13(11-14)8-10-22(20,21)12-16-7-9-18-19(16)15-5-2-6-15/h1,3-4,7,9,11,15H,2,5-6,8,10,12H2. The highest BCUT2D eigenvalue weighted by molar-refractivity contribution is 7.90. The van der Waals surface area contributed by atoms with Gasteiger partial charge in [0.1, 0.15) is 0 Å². The second kappa shape index (κ2) is 6.42. The summed E-state index contributed by atoms with van der Waals surface area (Å²) < 4.78 is 26.6. The summed E-state index contributed by atoms with van der Waals surface area (Å²) in [5.74, 6) is 0.188. The van der Waals surface area contributed by atoms with Gasteiger partial charge in [0.15, 0.2) is 9.84 Å². The summed E-state index contributed by atoms with van der Waals surface area (Å²) in [6.07, 6.45) is 5.57. The zero-order valence-corrected chi connectivity index (χ0v) is 13.9. The van der Waals surface area contributed by atoms with Crippen LogP contribution in [0.15, 0.2) is 36.5 Å². The summed E-state index contributed by atoms with van der Waals surface area (Å²) in [7, 11) is -3.16. The molecule has 4 nitrogen and oxygen atoms in total. The minimum absolute atomic E-state index is 0.0596. The van der Waals surface area contributed by atoms with Gasteiger partial charge in [0, 0.05) is 11.2 Å². The largest absolute Gasteiger partial charge is 0.266 e. The lowest BCUT2D eigenvalue weighted by atomic mass is 9.93. The molecule has 0 N–H and O–H groups in total. The predicted molar refractivity (Wildman–Crippen MR) is 87.8 cm³/mol. The molecule has 22 heavy (non-hydrogen) atoms. The molecule has 0 bridgehead atoms. The lowest BCUT2D eigenvalue weighted by Crippen LogP contribution is -2.22. The summed E-state index contributed by atoms with van der Waals surface area (Å²) in [5.41, 5.74) is 1.75. The second-order valence-electron chi connectivity index (χ2n) is 5.82. The first-order chi connectivity index (χ1) is 10.5. The molecule has 0 atom stereocenters. The fraction of sp³-hybridized carbons (Fsp3) is 0.438. The van der Waals surface area contributed by atoms with Crippen LogP contribution in [0.1, 0.15) is 36.6 Å². The summed E-state index contributed by atoms with van der Waals surface area (Å²) in [6, 6.07) is 9.55. The lowest BCUT2D eigenvalue weighted by Gasteiger charge is -2.27. The summed E-state index contributed by atoms with van der Waals surface area (Å²) in [4.78, 5) is 0. The molecule has 1 saturated carbocycles. The highest BCUT2D eigenvalue weighted by Crippen LogP contribution is 2.32. The summed E-state index contributed by atoms with van der Waals surface area (Å²) in [5, 5.41) is 4.92. The van der Waals surface area contributed by atoms with Gasteiger partial charge in [-0.1, -0.05) is 23.7 Å². The predicted octanol–water partition coefficient (Wildman–Crippen LogP) is 3.42. The number of halogens is 1. The molecule has 0 aliphatic heterocycles. The molecule has 2 aromatic rings. The van der Waals surface area contributed by atoms with Crippen molar-refractivity contribution in [2.75, 3.05) is 5.75 Å². The van der Waals surface area contributed by atoms with E-state index in [-0.39, 0.29) is 11.5 Å². The third-order valence-electron chi connectivity index (χ3n) is 4.13. The molecule has 6 heteroatoms. The van der Waals surface area contributed by atoms with Gasteiger partial charge < -0.3 is 0 Å². The van der Waals surface area contributed by atoms with E-state index in [0.29, 0.717) is 17.5 Å². The minimum atomic E-state index is -3.16. The Morgan fingerprint density at radius 1 is 1.27 bits per heavy atom. The third-order valence-corrected chi connectivity index (χ3v) is 5.93. The van der Waals surface area contributed by atoms with E-state index in [9.17, 15) is 8.42 Å². The average molecular weight is 339 g/mol. The van der Waals surface area contributed by atoms with E-state index in [1.165, 1.54) is 6.42 Å². The van der Waals surface area contributed by atoms with Crippen LogP contribution in [0.3, 0.4) is 0 Å². The molecule has 1 heterocycles. The number of aryl methyl sites for hydroxylation is 1. The first-order valence-electron chi connectivity index (χ1n) is 7.51. The smallest absolute Gasteiger partial charge is 0.156 e. The number of benzene rings is 1. The molecule has 1 fully saturated rings. The van der Waals surface area contributed by atoms with E-state index in [1.54, 1.807) is 12.3 Å². The van der Waals surface area contributed by atoms with Crippen molar-refractivity contribution in [2.24, 2.45) is 0 Å². The van der Waals surface area contributed by atoms with Crippen molar-refractivity contribution < 1.29 is 8.42 Å². The molecular weight excluding hydrogens is 320 g/mol. The van der Waals surface area contributed by atoms with E-state index < -0.39 is 9.84 Å². The first-order valence-corrected chi connectivity index (χ1v) is 9.71. The fourth-order valence-corrected chi connectivity index (χ4v) is 4.26. The van der Waals surface area contributed by atoms with Gasteiger partial charge in [0.2, 0.25) is 0 Å². The van der Waals surface area contributed by atoms with Crippen molar-refractivity contribution in [1.82, 2.24) is 9.78 Å². The summed E-state index contributed by atoms with van der Waals surface area (Å²) in [6.45, 7) is 0. The van der Waals surface area contributed by atoms with Crippen molar-refractivity contribution >= 4 is 21.4 Å². The van der Waals surface area contributed by atoms with Crippen LogP contribution in [0.5, 0.6) is 0 Å². The van der Waals surface area contributed by atoms with Gasteiger partial charge in [-0.3, -0.25) is 4.68 Å². The van der Waals surface area contributed by atoms with Gasteiger partial charge in [-0.2, -0.15) is 5.10 Å². The molecular formula is C16H19ClN2O2S. The van der Waals surface area contributed by atoms with Crippen molar-refractivity contribution in [2.45, 2.75) is 37.5 Å². The molecule has 118 valence electrons. The van der Waals surface area contributed by atoms with E-state index >= 15 is 0 Å². The molecule has 0 amide bonds.